The van der Waals surface area contributed by atoms with Gasteiger partial charge in [-0.2, -0.15) is 5.26 Å². The predicted molar refractivity (Wildman–Crippen MR) is 91.0 cm³/mol. The number of carboxylic acid groups (broad SMARTS) is 1. The van der Waals surface area contributed by atoms with Gasteiger partial charge in [0.2, 0.25) is 0 Å². The Labute approximate surface area is 135 Å². The number of nitriles is 1. The quantitative estimate of drug-likeness (QED) is 0.816. The van der Waals surface area contributed by atoms with E-state index < -0.39 is 12.0 Å². The van der Waals surface area contributed by atoms with Crippen molar-refractivity contribution < 1.29 is 9.90 Å². The van der Waals surface area contributed by atoms with E-state index in [-0.39, 0.29) is 0 Å². The molecule has 2 N–H and O–H groups in total. The van der Waals surface area contributed by atoms with Gasteiger partial charge in [-0.25, -0.2) is 4.79 Å². The SMILES string of the molecule is Cc1cc(C=CC#N)cc(C)c1C(Nc1ccccc1)C(=O)O. The topological polar surface area (TPSA) is 73.1 Å². The number of allylic oxidation sites excluding steroid dienone is 1. The van der Waals surface area contributed by atoms with E-state index in [4.69, 9.17) is 5.26 Å². The summed E-state index contributed by atoms with van der Waals surface area (Å²) in [5, 5.41) is 21.3. The molecule has 0 radical (unpaired) electrons. The average Bonchev–Trinajstić information content (AvgIpc) is 2.52. The Kier molecular flexibility index (Phi) is 5.16. The standard InChI is InChI=1S/C19H18N2O2/c1-13-11-15(7-6-10-20)12-14(2)17(13)18(19(22)23)21-16-8-4-3-5-9-16/h3-9,11-12,18,21H,1-2H3,(H,22,23). The maximum Gasteiger partial charge on any atom is 0.330 e. The number of para-hydroxylation sites is 1. The van der Waals surface area contributed by atoms with Crippen LogP contribution in [-0.4, -0.2) is 11.1 Å². The smallest absolute Gasteiger partial charge is 0.330 e. The van der Waals surface area contributed by atoms with Crippen LogP contribution in [-0.2, 0) is 4.79 Å². The van der Waals surface area contributed by atoms with Gasteiger partial charge in [-0.3, -0.25) is 0 Å². The molecule has 0 fully saturated rings. The second kappa shape index (κ2) is 7.28. The molecule has 23 heavy (non-hydrogen) atoms. The number of aliphatic carboxylic acids is 1. The van der Waals surface area contributed by atoms with Gasteiger partial charge < -0.3 is 10.4 Å². The van der Waals surface area contributed by atoms with E-state index >= 15 is 0 Å². The monoisotopic (exact) mass is 306 g/mol. The first-order chi connectivity index (χ1) is 11.0. The highest BCUT2D eigenvalue weighted by Gasteiger charge is 2.23. The minimum Gasteiger partial charge on any atom is -0.479 e. The number of nitrogens with one attached hydrogen (secondary N) is 1. The highest BCUT2D eigenvalue weighted by molar-refractivity contribution is 5.80. The average molecular weight is 306 g/mol. The summed E-state index contributed by atoms with van der Waals surface area (Å²) in [5.41, 5.74) is 4.13. The number of nitrogens with zero attached hydrogens (tertiary/aromatic N) is 1. The van der Waals surface area contributed by atoms with Crippen LogP contribution >= 0.6 is 0 Å². The van der Waals surface area contributed by atoms with E-state index in [1.165, 1.54) is 6.08 Å². The van der Waals surface area contributed by atoms with Crippen molar-refractivity contribution in [3.8, 4) is 6.07 Å². The molecule has 0 aliphatic heterocycles. The van der Waals surface area contributed by atoms with Crippen LogP contribution in [0.25, 0.3) is 6.08 Å². The van der Waals surface area contributed by atoms with Crippen LogP contribution < -0.4 is 5.32 Å². The van der Waals surface area contributed by atoms with Crippen molar-refractivity contribution in [3.05, 3.63) is 70.8 Å². The molecule has 2 aromatic carbocycles. The summed E-state index contributed by atoms with van der Waals surface area (Å²) in [6.45, 7) is 3.77. The Morgan fingerprint density at radius 1 is 1.22 bits per heavy atom. The van der Waals surface area contributed by atoms with Crippen molar-refractivity contribution in [2.24, 2.45) is 0 Å². The molecule has 1 atom stereocenters. The van der Waals surface area contributed by atoms with Crippen LogP contribution in [0.1, 0.15) is 28.3 Å². The van der Waals surface area contributed by atoms with Crippen molar-refractivity contribution in [1.29, 1.82) is 5.26 Å². The van der Waals surface area contributed by atoms with Gasteiger partial charge in [0.15, 0.2) is 6.04 Å². The summed E-state index contributed by atoms with van der Waals surface area (Å²) < 4.78 is 0. The van der Waals surface area contributed by atoms with Crippen molar-refractivity contribution in [3.63, 3.8) is 0 Å². The van der Waals surface area contributed by atoms with Gasteiger partial charge in [0, 0.05) is 11.8 Å². The number of anilines is 1. The number of carboxylic acids is 1. The molecule has 0 saturated heterocycles. The summed E-state index contributed by atoms with van der Waals surface area (Å²) in [6, 6.07) is 14.2. The zero-order valence-corrected chi connectivity index (χ0v) is 13.1. The lowest BCUT2D eigenvalue weighted by atomic mass is 9.93. The van der Waals surface area contributed by atoms with E-state index in [0.717, 1.165) is 27.9 Å². The highest BCUT2D eigenvalue weighted by atomic mass is 16.4. The molecule has 0 aliphatic rings. The summed E-state index contributed by atoms with van der Waals surface area (Å²) >= 11 is 0. The van der Waals surface area contributed by atoms with Gasteiger partial charge in [-0.15, -0.1) is 0 Å². The van der Waals surface area contributed by atoms with E-state index in [0.29, 0.717) is 0 Å². The van der Waals surface area contributed by atoms with E-state index in [1.54, 1.807) is 6.08 Å². The van der Waals surface area contributed by atoms with E-state index in [9.17, 15) is 9.90 Å². The summed E-state index contributed by atoms with van der Waals surface area (Å²) in [6.07, 6.45) is 3.12. The molecule has 1 unspecified atom stereocenters. The molecule has 2 rings (SSSR count). The van der Waals surface area contributed by atoms with Gasteiger partial charge in [0.05, 0.1) is 6.07 Å². The zero-order chi connectivity index (χ0) is 16.8. The van der Waals surface area contributed by atoms with Gasteiger partial charge in [-0.1, -0.05) is 30.3 Å². The third kappa shape index (κ3) is 3.98. The fraction of sp³-hybridized carbons (Fsp3) is 0.158. The molecule has 0 aliphatic carbocycles. The first kappa shape index (κ1) is 16.3. The Hall–Kier alpha value is -3.06. The summed E-state index contributed by atoms with van der Waals surface area (Å²) in [7, 11) is 0. The fourth-order valence-electron chi connectivity index (χ4n) is 2.65. The molecule has 4 heteroatoms. The molecule has 2 aromatic rings. The van der Waals surface area contributed by atoms with Crippen LogP contribution in [0.3, 0.4) is 0 Å². The number of aryl methyl sites for hydroxylation is 2. The fourth-order valence-corrected chi connectivity index (χ4v) is 2.65. The van der Waals surface area contributed by atoms with Gasteiger partial charge in [0.25, 0.3) is 0 Å². The first-order valence-electron chi connectivity index (χ1n) is 7.24. The lowest BCUT2D eigenvalue weighted by Crippen LogP contribution is -2.22. The van der Waals surface area contributed by atoms with Gasteiger partial charge >= 0.3 is 5.97 Å². The summed E-state index contributed by atoms with van der Waals surface area (Å²) in [5.74, 6) is -0.930. The van der Waals surface area contributed by atoms with Gasteiger partial charge in [-0.05, 0) is 54.3 Å². The van der Waals surface area contributed by atoms with Gasteiger partial charge in [0.1, 0.15) is 0 Å². The maximum atomic E-state index is 11.7. The summed E-state index contributed by atoms with van der Waals surface area (Å²) in [4.78, 5) is 11.7. The van der Waals surface area contributed by atoms with Crippen LogP contribution in [0.5, 0.6) is 0 Å². The Morgan fingerprint density at radius 2 is 1.83 bits per heavy atom. The predicted octanol–water partition coefficient (Wildman–Crippen LogP) is 4.08. The van der Waals surface area contributed by atoms with Crippen molar-refractivity contribution in [1.82, 2.24) is 0 Å². The van der Waals surface area contributed by atoms with Crippen molar-refractivity contribution in [2.45, 2.75) is 19.9 Å². The Morgan fingerprint density at radius 3 is 2.35 bits per heavy atom. The number of carbonyl (C=O) groups is 1. The lowest BCUT2D eigenvalue weighted by Gasteiger charge is -2.21. The van der Waals surface area contributed by atoms with E-state index in [1.807, 2.05) is 62.4 Å². The highest BCUT2D eigenvalue weighted by Crippen LogP contribution is 2.27. The molecule has 4 nitrogen and oxygen atoms in total. The molecular formula is C19H18N2O2. The molecule has 0 bridgehead atoms. The molecule has 0 heterocycles. The number of rotatable bonds is 5. The van der Waals surface area contributed by atoms with Crippen molar-refractivity contribution in [2.75, 3.05) is 5.32 Å². The molecular weight excluding hydrogens is 288 g/mol. The second-order valence-electron chi connectivity index (χ2n) is 5.31. The largest absolute Gasteiger partial charge is 0.479 e. The second-order valence-corrected chi connectivity index (χ2v) is 5.31. The normalized spacial score (nSPS) is 11.9. The van der Waals surface area contributed by atoms with Crippen molar-refractivity contribution >= 4 is 17.7 Å². The maximum absolute atomic E-state index is 11.7. The number of benzene rings is 2. The van der Waals surface area contributed by atoms with Crippen LogP contribution in [0.15, 0.2) is 48.5 Å². The first-order valence-corrected chi connectivity index (χ1v) is 7.24. The third-order valence-electron chi connectivity index (χ3n) is 3.59. The Balaban J connectivity index is 2.42. The van der Waals surface area contributed by atoms with Crippen LogP contribution in [0.4, 0.5) is 5.69 Å². The molecule has 0 saturated carbocycles. The third-order valence-corrected chi connectivity index (χ3v) is 3.59. The molecule has 0 amide bonds. The minimum absolute atomic E-state index is 0.746. The molecule has 116 valence electrons. The van der Waals surface area contributed by atoms with Crippen LogP contribution in [0, 0.1) is 25.2 Å². The molecule has 0 aromatic heterocycles. The van der Waals surface area contributed by atoms with E-state index in [2.05, 4.69) is 5.32 Å². The lowest BCUT2D eigenvalue weighted by molar-refractivity contribution is -0.138. The molecule has 0 spiro atoms. The number of hydrogen-bond acceptors (Lipinski definition) is 3. The number of hydrogen-bond donors (Lipinski definition) is 2. The van der Waals surface area contributed by atoms with Crippen LogP contribution in [0.2, 0.25) is 0 Å². The zero-order valence-electron chi connectivity index (χ0n) is 13.1. The minimum atomic E-state index is -0.930. The Bertz CT molecular complexity index is 751.